The Morgan fingerprint density at radius 3 is 2.31 bits per heavy atom. The highest BCUT2D eigenvalue weighted by molar-refractivity contribution is 7.80. The molecule has 0 unspecified atom stereocenters. The smallest absolute Gasteiger partial charge is 0.326 e. The van der Waals surface area contributed by atoms with Crippen molar-refractivity contribution in [1.29, 1.82) is 0 Å². The second kappa shape index (κ2) is 7.07. The lowest BCUT2D eigenvalue weighted by Crippen LogP contribution is -2.49. The van der Waals surface area contributed by atoms with E-state index >= 15 is 0 Å². The molecule has 0 fully saturated rings. The maximum Gasteiger partial charge on any atom is 0.326 e. The molecule has 0 aliphatic rings. The lowest BCUT2D eigenvalue weighted by Gasteiger charge is -2.16. The van der Waals surface area contributed by atoms with Gasteiger partial charge in [-0.05, 0) is 6.42 Å². The third kappa shape index (κ3) is 5.56. The minimum absolute atomic E-state index is 0.0598. The molecule has 0 aliphatic carbocycles. The third-order valence-corrected chi connectivity index (χ3v) is 2.22. The molecular weight excluding hydrogens is 234 g/mol. The van der Waals surface area contributed by atoms with Gasteiger partial charge in [-0.25, -0.2) is 4.79 Å². The van der Waals surface area contributed by atoms with E-state index in [9.17, 15) is 14.4 Å². The monoisotopic (exact) mass is 249 g/mol. The van der Waals surface area contributed by atoms with Gasteiger partial charge in [-0.2, -0.15) is 12.6 Å². The number of aliphatic carboxylic acids is 1. The Bertz CT molecular complexity index is 284. The van der Waals surface area contributed by atoms with E-state index in [1.807, 2.05) is 0 Å². The Morgan fingerprint density at radius 1 is 1.38 bits per heavy atom. The van der Waals surface area contributed by atoms with Crippen LogP contribution in [0.1, 0.15) is 12.8 Å². The van der Waals surface area contributed by atoms with Crippen molar-refractivity contribution < 1.29 is 19.5 Å². The number of nitrogens with two attached hydrogens (primary N) is 2. The highest BCUT2D eigenvalue weighted by Gasteiger charge is 2.22. The molecule has 0 aliphatic heterocycles. The van der Waals surface area contributed by atoms with Crippen LogP contribution in [-0.4, -0.2) is 40.7 Å². The molecular formula is C8H15N3O4S. The molecule has 92 valence electrons. The van der Waals surface area contributed by atoms with Crippen LogP contribution in [0.4, 0.5) is 0 Å². The van der Waals surface area contributed by atoms with Gasteiger partial charge in [0.25, 0.3) is 0 Å². The van der Waals surface area contributed by atoms with Crippen molar-refractivity contribution >= 4 is 30.4 Å². The minimum Gasteiger partial charge on any atom is -0.480 e. The number of carbonyl (C=O) groups is 3. The molecule has 2 atom stereocenters. The first-order valence-electron chi connectivity index (χ1n) is 4.56. The van der Waals surface area contributed by atoms with Gasteiger partial charge in [-0.1, -0.05) is 0 Å². The Morgan fingerprint density at radius 2 is 1.94 bits per heavy atom. The van der Waals surface area contributed by atoms with E-state index in [1.54, 1.807) is 0 Å². The predicted octanol–water partition coefficient (Wildman–Crippen LogP) is -1.92. The summed E-state index contributed by atoms with van der Waals surface area (Å²) >= 11 is 3.81. The topological polar surface area (TPSA) is 136 Å². The van der Waals surface area contributed by atoms with Crippen molar-refractivity contribution in [2.75, 3.05) is 5.75 Å². The highest BCUT2D eigenvalue weighted by atomic mass is 32.1. The molecule has 0 aromatic heterocycles. The van der Waals surface area contributed by atoms with Gasteiger partial charge in [0.1, 0.15) is 6.04 Å². The number of carbonyl (C=O) groups excluding carboxylic acids is 2. The Kier molecular flexibility index (Phi) is 6.50. The number of hydrogen-bond donors (Lipinski definition) is 5. The van der Waals surface area contributed by atoms with Gasteiger partial charge in [-0.15, -0.1) is 0 Å². The van der Waals surface area contributed by atoms with Crippen LogP contribution in [0, 0.1) is 0 Å². The van der Waals surface area contributed by atoms with E-state index in [-0.39, 0.29) is 18.6 Å². The van der Waals surface area contributed by atoms with Crippen molar-refractivity contribution in [1.82, 2.24) is 5.32 Å². The molecule has 0 spiro atoms. The first-order chi connectivity index (χ1) is 7.38. The summed E-state index contributed by atoms with van der Waals surface area (Å²) in [5.41, 5.74) is 10.2. The average molecular weight is 249 g/mol. The largest absolute Gasteiger partial charge is 0.480 e. The summed E-state index contributed by atoms with van der Waals surface area (Å²) in [7, 11) is 0. The first-order valence-corrected chi connectivity index (χ1v) is 5.19. The summed E-state index contributed by atoms with van der Waals surface area (Å²) in [6.07, 6.45) is -0.178. The summed E-state index contributed by atoms with van der Waals surface area (Å²) < 4.78 is 0. The number of rotatable bonds is 7. The van der Waals surface area contributed by atoms with Crippen molar-refractivity contribution in [2.45, 2.75) is 24.9 Å². The van der Waals surface area contributed by atoms with Gasteiger partial charge >= 0.3 is 5.97 Å². The first kappa shape index (κ1) is 14.7. The molecule has 2 amide bonds. The molecule has 0 rings (SSSR count). The molecule has 8 heteroatoms. The fourth-order valence-electron chi connectivity index (χ4n) is 0.906. The van der Waals surface area contributed by atoms with Crippen LogP contribution in [0.2, 0.25) is 0 Å². The standard InChI is InChI=1S/C8H15N3O4S/c9-4(3-16)7(13)11-5(8(14)15)1-2-6(10)12/h4-5,16H,1-3,9H2,(H2,10,12)(H,11,13)(H,14,15)/t4-,5-/m0/s1. The van der Waals surface area contributed by atoms with E-state index in [1.165, 1.54) is 0 Å². The van der Waals surface area contributed by atoms with Gasteiger partial charge in [0.05, 0.1) is 6.04 Å². The molecule has 6 N–H and O–H groups in total. The molecule has 0 heterocycles. The van der Waals surface area contributed by atoms with E-state index < -0.39 is 29.9 Å². The van der Waals surface area contributed by atoms with Crippen LogP contribution in [0.3, 0.4) is 0 Å². The number of carboxylic acid groups (broad SMARTS) is 1. The molecule has 0 radical (unpaired) electrons. The number of primary amides is 1. The summed E-state index contributed by atoms with van der Waals surface area (Å²) in [5.74, 6) is -2.37. The minimum atomic E-state index is -1.24. The maximum absolute atomic E-state index is 11.3. The van der Waals surface area contributed by atoms with Gasteiger partial charge < -0.3 is 21.9 Å². The number of amides is 2. The van der Waals surface area contributed by atoms with Crippen molar-refractivity contribution in [3.05, 3.63) is 0 Å². The predicted molar refractivity (Wildman–Crippen MR) is 59.8 cm³/mol. The van der Waals surface area contributed by atoms with Crippen LogP contribution in [0.15, 0.2) is 0 Å². The van der Waals surface area contributed by atoms with Gasteiger partial charge in [0, 0.05) is 12.2 Å². The molecule has 7 nitrogen and oxygen atoms in total. The maximum atomic E-state index is 11.3. The van der Waals surface area contributed by atoms with E-state index in [2.05, 4.69) is 17.9 Å². The lowest BCUT2D eigenvalue weighted by atomic mass is 10.1. The third-order valence-electron chi connectivity index (χ3n) is 1.83. The fraction of sp³-hybridized carbons (Fsp3) is 0.625. The Balaban J connectivity index is 4.28. The number of nitrogens with one attached hydrogen (secondary N) is 1. The molecule has 0 aromatic rings. The van der Waals surface area contributed by atoms with Gasteiger partial charge in [0.2, 0.25) is 11.8 Å². The summed E-state index contributed by atoms with van der Waals surface area (Å²) in [4.78, 5) is 32.5. The molecule has 0 saturated heterocycles. The van der Waals surface area contributed by atoms with Crippen LogP contribution in [0.25, 0.3) is 0 Å². The number of hydrogen-bond acceptors (Lipinski definition) is 5. The lowest BCUT2D eigenvalue weighted by molar-refractivity contribution is -0.142. The Labute approximate surface area is 98.0 Å². The SMILES string of the molecule is NC(=O)CC[C@H](NC(=O)[C@@H](N)CS)C(=O)O. The molecule has 0 bridgehead atoms. The van der Waals surface area contributed by atoms with E-state index in [0.717, 1.165) is 0 Å². The van der Waals surface area contributed by atoms with Crippen molar-refractivity contribution in [3.8, 4) is 0 Å². The zero-order valence-electron chi connectivity index (χ0n) is 8.55. The molecule has 16 heavy (non-hydrogen) atoms. The van der Waals surface area contributed by atoms with E-state index in [4.69, 9.17) is 16.6 Å². The second-order valence-corrected chi connectivity index (χ2v) is 3.56. The molecule has 0 saturated carbocycles. The summed E-state index contributed by atoms with van der Waals surface area (Å²) in [6.45, 7) is 0. The average Bonchev–Trinajstić information content (AvgIpc) is 2.21. The fourth-order valence-corrected chi connectivity index (χ4v) is 1.07. The summed E-state index contributed by atoms with van der Waals surface area (Å²) in [6, 6.07) is -2.04. The number of carboxylic acids is 1. The van der Waals surface area contributed by atoms with Crippen molar-refractivity contribution in [2.24, 2.45) is 11.5 Å². The second-order valence-electron chi connectivity index (χ2n) is 3.19. The van der Waals surface area contributed by atoms with Gasteiger partial charge in [-0.3, -0.25) is 9.59 Å². The van der Waals surface area contributed by atoms with Crippen LogP contribution in [-0.2, 0) is 14.4 Å². The van der Waals surface area contributed by atoms with E-state index in [0.29, 0.717) is 0 Å². The van der Waals surface area contributed by atoms with Crippen LogP contribution >= 0.6 is 12.6 Å². The normalized spacial score (nSPS) is 13.9. The van der Waals surface area contributed by atoms with Crippen LogP contribution in [0.5, 0.6) is 0 Å². The Hall–Kier alpha value is -1.28. The van der Waals surface area contributed by atoms with Gasteiger partial charge in [0.15, 0.2) is 0 Å². The summed E-state index contributed by atoms with van der Waals surface area (Å²) in [5, 5.41) is 11.0. The quantitative estimate of drug-likeness (QED) is 0.335. The zero-order chi connectivity index (χ0) is 12.7. The van der Waals surface area contributed by atoms with Crippen LogP contribution < -0.4 is 16.8 Å². The number of thiol groups is 1. The highest BCUT2D eigenvalue weighted by Crippen LogP contribution is 1.98. The zero-order valence-corrected chi connectivity index (χ0v) is 9.44. The molecule has 0 aromatic carbocycles. The van der Waals surface area contributed by atoms with Crippen molar-refractivity contribution in [3.63, 3.8) is 0 Å².